The van der Waals surface area contributed by atoms with Gasteiger partial charge in [-0.1, -0.05) is 11.6 Å². The van der Waals surface area contributed by atoms with Crippen LogP contribution >= 0.6 is 11.6 Å². The Hall–Kier alpha value is -1.88. The molecule has 0 bridgehead atoms. The largest absolute Gasteiger partial charge is 0.357 e. The van der Waals surface area contributed by atoms with Crippen molar-refractivity contribution in [2.75, 3.05) is 24.3 Å². The quantitative estimate of drug-likeness (QED) is 0.927. The van der Waals surface area contributed by atoms with Crippen molar-refractivity contribution in [3.63, 3.8) is 0 Å². The van der Waals surface area contributed by atoms with Gasteiger partial charge >= 0.3 is 0 Å². The lowest BCUT2D eigenvalue weighted by molar-refractivity contribution is 0.628. The van der Waals surface area contributed by atoms with E-state index in [9.17, 15) is 4.39 Å². The molecule has 18 heavy (non-hydrogen) atoms. The molecule has 0 amide bonds. The Balaban J connectivity index is 2.38. The summed E-state index contributed by atoms with van der Waals surface area (Å²) in [5, 5.41) is 3.27. The fraction of sp³-hybridized carbons (Fsp3) is 0.167. The lowest BCUT2D eigenvalue weighted by Gasteiger charge is -2.19. The van der Waals surface area contributed by atoms with Gasteiger partial charge < -0.3 is 10.2 Å². The molecule has 0 spiro atoms. The van der Waals surface area contributed by atoms with Crippen LogP contribution in [0.25, 0.3) is 0 Å². The fourth-order valence-corrected chi connectivity index (χ4v) is 1.72. The minimum atomic E-state index is -0.281. The Morgan fingerprint density at radius 1 is 1.28 bits per heavy atom. The topological polar surface area (TPSA) is 41.1 Å². The number of rotatable bonds is 3. The van der Waals surface area contributed by atoms with Gasteiger partial charge in [0.1, 0.15) is 10.8 Å². The van der Waals surface area contributed by atoms with Crippen LogP contribution in [-0.4, -0.2) is 24.1 Å². The molecular weight excluding hydrogens is 255 g/mol. The number of anilines is 3. The summed E-state index contributed by atoms with van der Waals surface area (Å²) in [4.78, 5) is 10.0. The van der Waals surface area contributed by atoms with Gasteiger partial charge in [-0.25, -0.2) is 9.37 Å². The zero-order chi connectivity index (χ0) is 13.1. The molecule has 4 nitrogen and oxygen atoms in total. The molecular formula is C12H12ClFN4. The Morgan fingerprint density at radius 2 is 1.94 bits per heavy atom. The van der Waals surface area contributed by atoms with Crippen molar-refractivity contribution in [2.24, 2.45) is 0 Å². The third kappa shape index (κ3) is 2.51. The third-order valence-electron chi connectivity index (χ3n) is 2.48. The number of nitrogens with zero attached hydrogens (tertiary/aromatic N) is 3. The van der Waals surface area contributed by atoms with E-state index in [1.807, 2.05) is 0 Å². The van der Waals surface area contributed by atoms with E-state index in [0.717, 1.165) is 5.69 Å². The maximum Gasteiger partial charge on any atom is 0.224 e. The van der Waals surface area contributed by atoms with Crippen LogP contribution in [0, 0.1) is 5.82 Å². The molecule has 1 N–H and O–H groups in total. The lowest BCUT2D eigenvalue weighted by Crippen LogP contribution is -2.13. The number of halogens is 2. The third-order valence-corrected chi connectivity index (χ3v) is 2.75. The van der Waals surface area contributed by atoms with E-state index in [-0.39, 0.29) is 5.82 Å². The lowest BCUT2D eigenvalue weighted by atomic mass is 10.3. The van der Waals surface area contributed by atoms with Gasteiger partial charge in [0.05, 0.1) is 6.20 Å². The van der Waals surface area contributed by atoms with Crippen molar-refractivity contribution in [2.45, 2.75) is 0 Å². The highest BCUT2D eigenvalue weighted by Gasteiger charge is 2.11. The molecule has 1 aromatic carbocycles. The molecule has 0 aliphatic carbocycles. The number of nitrogens with one attached hydrogen (secondary N) is 1. The Morgan fingerprint density at radius 3 is 2.56 bits per heavy atom. The summed E-state index contributed by atoms with van der Waals surface area (Å²) in [7, 11) is 3.53. The van der Waals surface area contributed by atoms with E-state index >= 15 is 0 Å². The summed E-state index contributed by atoms with van der Waals surface area (Å²) in [5.74, 6) is 0.753. The van der Waals surface area contributed by atoms with Gasteiger partial charge in [0.2, 0.25) is 5.95 Å². The van der Waals surface area contributed by atoms with Crippen LogP contribution in [0.1, 0.15) is 0 Å². The maximum absolute atomic E-state index is 12.9. The molecule has 6 heteroatoms. The minimum absolute atomic E-state index is 0.281. The van der Waals surface area contributed by atoms with E-state index in [0.29, 0.717) is 16.8 Å². The monoisotopic (exact) mass is 266 g/mol. The van der Waals surface area contributed by atoms with Gasteiger partial charge in [-0.2, -0.15) is 4.98 Å². The summed E-state index contributed by atoms with van der Waals surface area (Å²) >= 11 is 6.06. The number of aromatic nitrogens is 2. The van der Waals surface area contributed by atoms with Gasteiger partial charge in [-0.15, -0.1) is 0 Å². The van der Waals surface area contributed by atoms with Crippen molar-refractivity contribution in [3.8, 4) is 0 Å². The minimum Gasteiger partial charge on any atom is -0.357 e. The molecule has 2 rings (SSSR count). The van der Waals surface area contributed by atoms with E-state index in [1.54, 1.807) is 31.1 Å². The molecule has 0 unspecified atom stereocenters. The summed E-state index contributed by atoms with van der Waals surface area (Å²) in [6.45, 7) is 0. The first kappa shape index (κ1) is 12.6. The standard InChI is InChI=1S/C12H12ClFN4/c1-15-12-16-7-10(13)11(17-12)18(2)9-5-3-8(14)4-6-9/h3-7H,1-2H3,(H,15,16,17). The van der Waals surface area contributed by atoms with Gasteiger partial charge in [0.15, 0.2) is 5.82 Å². The number of hydrogen-bond acceptors (Lipinski definition) is 4. The van der Waals surface area contributed by atoms with Crippen molar-refractivity contribution < 1.29 is 4.39 Å². The van der Waals surface area contributed by atoms with Gasteiger partial charge in [0, 0.05) is 19.8 Å². The first-order valence-corrected chi connectivity index (χ1v) is 5.69. The highest BCUT2D eigenvalue weighted by molar-refractivity contribution is 6.33. The van der Waals surface area contributed by atoms with Crippen molar-refractivity contribution in [1.29, 1.82) is 0 Å². The highest BCUT2D eigenvalue weighted by Crippen LogP contribution is 2.28. The van der Waals surface area contributed by atoms with Gasteiger partial charge in [-0.3, -0.25) is 0 Å². The van der Waals surface area contributed by atoms with Crippen molar-refractivity contribution in [1.82, 2.24) is 9.97 Å². The molecule has 2 aromatic rings. The Labute approximate surface area is 109 Å². The average Bonchev–Trinajstić information content (AvgIpc) is 2.39. The zero-order valence-electron chi connectivity index (χ0n) is 9.98. The molecule has 0 radical (unpaired) electrons. The summed E-state index contributed by atoms with van der Waals surface area (Å²) in [5.41, 5.74) is 0.791. The number of hydrogen-bond donors (Lipinski definition) is 1. The Bertz CT molecular complexity index is 544. The van der Waals surface area contributed by atoms with Crippen LogP contribution in [0.5, 0.6) is 0 Å². The van der Waals surface area contributed by atoms with E-state index in [2.05, 4.69) is 15.3 Å². The molecule has 94 valence electrons. The molecule has 0 aliphatic heterocycles. The second kappa shape index (κ2) is 5.18. The average molecular weight is 267 g/mol. The molecule has 0 fully saturated rings. The molecule has 1 heterocycles. The second-order valence-corrected chi connectivity index (χ2v) is 4.06. The molecule has 0 saturated carbocycles. The highest BCUT2D eigenvalue weighted by atomic mass is 35.5. The van der Waals surface area contributed by atoms with Crippen LogP contribution in [0.4, 0.5) is 21.8 Å². The van der Waals surface area contributed by atoms with E-state index < -0.39 is 0 Å². The summed E-state index contributed by atoms with van der Waals surface area (Å²) in [6, 6.07) is 6.10. The van der Waals surface area contributed by atoms with Crippen LogP contribution in [0.3, 0.4) is 0 Å². The first-order chi connectivity index (χ1) is 8.61. The molecule has 0 aliphatic rings. The summed E-state index contributed by atoms with van der Waals surface area (Å²) < 4.78 is 12.9. The molecule has 0 atom stereocenters. The van der Waals surface area contributed by atoms with Crippen LogP contribution in [0.15, 0.2) is 30.5 Å². The predicted octanol–water partition coefficient (Wildman–Crippen LogP) is 3.08. The Kier molecular flexibility index (Phi) is 3.62. The van der Waals surface area contributed by atoms with E-state index in [4.69, 9.17) is 11.6 Å². The maximum atomic E-state index is 12.9. The van der Waals surface area contributed by atoms with Crippen LogP contribution in [-0.2, 0) is 0 Å². The van der Waals surface area contributed by atoms with E-state index in [1.165, 1.54) is 18.3 Å². The van der Waals surface area contributed by atoms with Crippen LogP contribution in [0.2, 0.25) is 5.02 Å². The normalized spacial score (nSPS) is 10.2. The zero-order valence-corrected chi connectivity index (χ0v) is 10.7. The predicted molar refractivity (Wildman–Crippen MR) is 71.1 cm³/mol. The fourth-order valence-electron chi connectivity index (χ4n) is 1.50. The van der Waals surface area contributed by atoms with Crippen molar-refractivity contribution in [3.05, 3.63) is 41.3 Å². The SMILES string of the molecule is CNc1ncc(Cl)c(N(C)c2ccc(F)cc2)n1. The smallest absolute Gasteiger partial charge is 0.224 e. The first-order valence-electron chi connectivity index (χ1n) is 5.31. The molecule has 1 aromatic heterocycles. The van der Waals surface area contributed by atoms with Gasteiger partial charge in [-0.05, 0) is 24.3 Å². The second-order valence-electron chi connectivity index (χ2n) is 3.65. The van der Waals surface area contributed by atoms with Crippen molar-refractivity contribution >= 4 is 29.1 Å². The van der Waals surface area contributed by atoms with Gasteiger partial charge in [0.25, 0.3) is 0 Å². The number of benzene rings is 1. The van der Waals surface area contributed by atoms with Crippen LogP contribution < -0.4 is 10.2 Å². The summed E-state index contributed by atoms with van der Waals surface area (Å²) in [6.07, 6.45) is 1.52. The molecule has 0 saturated heterocycles.